The third-order valence-corrected chi connectivity index (χ3v) is 6.08. The van der Waals surface area contributed by atoms with Gasteiger partial charge in [0.05, 0.1) is 6.04 Å². The Balaban J connectivity index is 1.37. The first-order valence-electron chi connectivity index (χ1n) is 9.11. The van der Waals surface area contributed by atoms with Gasteiger partial charge in [-0.1, -0.05) is 41.9 Å². The lowest BCUT2D eigenvalue weighted by atomic mass is 10.2. The smallest absolute Gasteiger partial charge is 0.233 e. The zero-order valence-electron chi connectivity index (χ0n) is 15.2. The summed E-state index contributed by atoms with van der Waals surface area (Å²) in [6.07, 6.45) is 2.02. The maximum absolute atomic E-state index is 13.0. The van der Waals surface area contributed by atoms with Crippen LogP contribution in [0.25, 0.3) is 0 Å². The van der Waals surface area contributed by atoms with Gasteiger partial charge in [0.2, 0.25) is 5.90 Å². The average Bonchev–Trinajstić information content (AvgIpc) is 3.34. The molecule has 1 aliphatic rings. The molecular formula is C22H20ClFN2OS. The first kappa shape index (κ1) is 19.1. The SMILES string of the molecule is Fc1ccc(CSC[C@@H]2COC(c3cccn3Cc3ccccc3Cl)=N2)cc1. The van der Waals surface area contributed by atoms with Crippen LogP contribution in [0.1, 0.15) is 16.8 Å². The number of thioether (sulfide) groups is 1. The highest BCUT2D eigenvalue weighted by atomic mass is 35.5. The van der Waals surface area contributed by atoms with E-state index in [1.54, 1.807) is 11.8 Å². The summed E-state index contributed by atoms with van der Waals surface area (Å²) in [6, 6.07) is 18.6. The highest BCUT2D eigenvalue weighted by molar-refractivity contribution is 7.98. The van der Waals surface area contributed by atoms with E-state index < -0.39 is 0 Å². The molecule has 0 radical (unpaired) electrons. The van der Waals surface area contributed by atoms with Crippen molar-refractivity contribution in [3.63, 3.8) is 0 Å². The maximum atomic E-state index is 13.0. The highest BCUT2D eigenvalue weighted by Gasteiger charge is 2.22. The molecule has 1 aliphatic heterocycles. The standard InChI is InChI=1S/C22H20ClFN2OS/c23-20-5-2-1-4-17(20)12-26-11-3-6-21(26)22-25-19(13-27-22)15-28-14-16-7-9-18(24)10-8-16/h1-11,19H,12-15H2/t19-/m0/s1. The molecule has 2 aromatic carbocycles. The summed E-state index contributed by atoms with van der Waals surface area (Å²) in [7, 11) is 0. The van der Waals surface area contributed by atoms with Gasteiger partial charge in [-0.05, 0) is 41.5 Å². The van der Waals surface area contributed by atoms with Crippen molar-refractivity contribution in [3.8, 4) is 0 Å². The van der Waals surface area contributed by atoms with E-state index in [1.807, 2.05) is 54.7 Å². The van der Waals surface area contributed by atoms with E-state index in [1.165, 1.54) is 12.1 Å². The molecule has 0 aliphatic carbocycles. The molecule has 0 bridgehead atoms. The van der Waals surface area contributed by atoms with Crippen molar-refractivity contribution in [1.29, 1.82) is 0 Å². The van der Waals surface area contributed by atoms with Gasteiger partial charge in [-0.3, -0.25) is 0 Å². The Labute approximate surface area is 173 Å². The molecule has 1 aromatic heterocycles. The van der Waals surface area contributed by atoms with Crippen LogP contribution in [0.3, 0.4) is 0 Å². The fourth-order valence-corrected chi connectivity index (χ4v) is 4.27. The van der Waals surface area contributed by atoms with Gasteiger partial charge in [0, 0.05) is 29.3 Å². The summed E-state index contributed by atoms with van der Waals surface area (Å²) in [5.41, 5.74) is 3.14. The third kappa shape index (κ3) is 4.59. The highest BCUT2D eigenvalue weighted by Crippen LogP contribution is 2.21. The number of rotatable bonds is 7. The lowest BCUT2D eigenvalue weighted by Crippen LogP contribution is -2.11. The average molecular weight is 415 g/mol. The molecule has 6 heteroatoms. The van der Waals surface area contributed by atoms with Crippen LogP contribution in [-0.4, -0.2) is 28.9 Å². The van der Waals surface area contributed by atoms with Crippen LogP contribution in [-0.2, 0) is 17.0 Å². The number of ether oxygens (including phenoxy) is 1. The number of nitrogens with zero attached hydrogens (tertiary/aromatic N) is 2. The van der Waals surface area contributed by atoms with E-state index in [0.29, 0.717) is 19.0 Å². The van der Waals surface area contributed by atoms with Crippen molar-refractivity contribution >= 4 is 29.3 Å². The normalized spacial score (nSPS) is 16.1. The van der Waals surface area contributed by atoms with Crippen molar-refractivity contribution < 1.29 is 9.13 Å². The monoisotopic (exact) mass is 414 g/mol. The van der Waals surface area contributed by atoms with Crippen LogP contribution in [0.15, 0.2) is 71.9 Å². The molecule has 0 N–H and O–H groups in total. The number of aliphatic imine (C=N–C) groups is 1. The topological polar surface area (TPSA) is 26.5 Å². The first-order valence-corrected chi connectivity index (χ1v) is 10.6. The van der Waals surface area contributed by atoms with E-state index in [2.05, 4.69) is 4.57 Å². The number of hydrogen-bond acceptors (Lipinski definition) is 3. The summed E-state index contributed by atoms with van der Waals surface area (Å²) >= 11 is 8.08. The number of halogens is 2. The fraction of sp³-hybridized carbons (Fsp3) is 0.227. The Hall–Kier alpha value is -2.24. The van der Waals surface area contributed by atoms with E-state index in [9.17, 15) is 4.39 Å². The molecule has 0 saturated carbocycles. The summed E-state index contributed by atoms with van der Waals surface area (Å²) in [5.74, 6) is 2.19. The second-order valence-electron chi connectivity index (χ2n) is 6.65. The number of hydrogen-bond donors (Lipinski definition) is 0. The zero-order chi connectivity index (χ0) is 19.3. The summed E-state index contributed by atoms with van der Waals surface area (Å²) < 4.78 is 20.9. The van der Waals surface area contributed by atoms with E-state index in [4.69, 9.17) is 21.3 Å². The summed E-state index contributed by atoms with van der Waals surface area (Å²) in [6.45, 7) is 1.26. The molecule has 0 saturated heterocycles. The molecule has 3 aromatic rings. The molecule has 2 heterocycles. The number of aromatic nitrogens is 1. The summed E-state index contributed by atoms with van der Waals surface area (Å²) in [5, 5.41) is 0.756. The van der Waals surface area contributed by atoms with Crippen LogP contribution >= 0.6 is 23.4 Å². The van der Waals surface area contributed by atoms with Gasteiger partial charge in [-0.15, -0.1) is 0 Å². The lowest BCUT2D eigenvalue weighted by molar-refractivity contribution is 0.323. The lowest BCUT2D eigenvalue weighted by Gasteiger charge is -2.10. The number of benzene rings is 2. The molecule has 28 heavy (non-hydrogen) atoms. The van der Waals surface area contributed by atoms with Crippen LogP contribution in [0.4, 0.5) is 4.39 Å². The Kier molecular flexibility index (Phi) is 6.03. The van der Waals surface area contributed by atoms with E-state index >= 15 is 0 Å². The molecular weight excluding hydrogens is 395 g/mol. The molecule has 0 fully saturated rings. The minimum atomic E-state index is -0.202. The molecule has 4 rings (SSSR count). The quantitative estimate of drug-likeness (QED) is 0.517. The van der Waals surface area contributed by atoms with Gasteiger partial charge < -0.3 is 9.30 Å². The van der Waals surface area contributed by atoms with Crippen molar-refractivity contribution in [2.24, 2.45) is 4.99 Å². The van der Waals surface area contributed by atoms with Crippen molar-refractivity contribution in [3.05, 3.63) is 94.5 Å². The Morgan fingerprint density at radius 2 is 1.93 bits per heavy atom. The molecule has 0 unspecified atom stereocenters. The molecule has 0 amide bonds. The molecule has 0 spiro atoms. The zero-order valence-corrected chi connectivity index (χ0v) is 16.8. The van der Waals surface area contributed by atoms with Crippen molar-refractivity contribution in [1.82, 2.24) is 4.57 Å². The maximum Gasteiger partial charge on any atom is 0.233 e. The Bertz CT molecular complexity index is 971. The van der Waals surface area contributed by atoms with Crippen LogP contribution in [0, 0.1) is 5.82 Å². The van der Waals surface area contributed by atoms with Gasteiger partial charge >= 0.3 is 0 Å². The Morgan fingerprint density at radius 3 is 2.75 bits per heavy atom. The van der Waals surface area contributed by atoms with Crippen molar-refractivity contribution in [2.75, 3.05) is 12.4 Å². The largest absolute Gasteiger partial charge is 0.474 e. The van der Waals surface area contributed by atoms with E-state index in [0.717, 1.165) is 33.3 Å². The molecule has 1 atom stereocenters. The van der Waals surface area contributed by atoms with Crippen LogP contribution < -0.4 is 0 Å². The predicted octanol–water partition coefficient (Wildman–Crippen LogP) is 5.41. The van der Waals surface area contributed by atoms with Gasteiger partial charge in [-0.25, -0.2) is 9.38 Å². The van der Waals surface area contributed by atoms with Crippen LogP contribution in [0.5, 0.6) is 0 Å². The van der Waals surface area contributed by atoms with Crippen LogP contribution in [0.2, 0.25) is 5.02 Å². The molecule has 3 nitrogen and oxygen atoms in total. The minimum Gasteiger partial charge on any atom is -0.474 e. The van der Waals surface area contributed by atoms with E-state index in [-0.39, 0.29) is 11.9 Å². The Morgan fingerprint density at radius 1 is 1.11 bits per heavy atom. The van der Waals surface area contributed by atoms with Gasteiger partial charge in [0.1, 0.15) is 18.1 Å². The molecule has 144 valence electrons. The van der Waals surface area contributed by atoms with Gasteiger partial charge in [-0.2, -0.15) is 11.8 Å². The third-order valence-electron chi connectivity index (χ3n) is 4.55. The van der Waals surface area contributed by atoms with Crippen molar-refractivity contribution in [2.45, 2.75) is 18.3 Å². The fourth-order valence-electron chi connectivity index (χ4n) is 3.09. The second kappa shape index (κ2) is 8.84. The van der Waals surface area contributed by atoms with Gasteiger partial charge in [0.25, 0.3) is 0 Å². The first-order chi connectivity index (χ1) is 13.7. The minimum absolute atomic E-state index is 0.129. The predicted molar refractivity (Wildman–Crippen MR) is 114 cm³/mol. The van der Waals surface area contributed by atoms with Gasteiger partial charge in [0.15, 0.2) is 0 Å². The second-order valence-corrected chi connectivity index (χ2v) is 8.09. The summed E-state index contributed by atoms with van der Waals surface area (Å²) in [4.78, 5) is 4.76.